The molecular formula is C19H21ClN4O2. The molecular weight excluding hydrogens is 352 g/mol. The standard InChI is InChI=1S/C19H21ClN4O2/c20-14-6-4-13(5-7-14)18(26)24-11-8-16-15(12-24)17(25)22-19(21-16)23-9-2-1-3-10-23/h4-7H,1-3,8-12H2,(H,21,22,25). The van der Waals surface area contributed by atoms with Crippen LogP contribution in [0.1, 0.15) is 40.9 Å². The Kier molecular flexibility index (Phi) is 4.68. The number of anilines is 1. The Bertz CT molecular complexity index is 872. The molecule has 1 aromatic carbocycles. The van der Waals surface area contributed by atoms with E-state index in [9.17, 15) is 9.59 Å². The second kappa shape index (κ2) is 7.11. The van der Waals surface area contributed by atoms with E-state index < -0.39 is 0 Å². The van der Waals surface area contributed by atoms with Crippen molar-refractivity contribution < 1.29 is 4.79 Å². The number of carbonyl (C=O) groups excluding carboxylic acids is 1. The van der Waals surface area contributed by atoms with E-state index in [0.717, 1.165) is 31.6 Å². The fourth-order valence-corrected chi connectivity index (χ4v) is 3.74. The highest BCUT2D eigenvalue weighted by atomic mass is 35.5. The van der Waals surface area contributed by atoms with Crippen LogP contribution in [0, 0.1) is 0 Å². The molecule has 6 nitrogen and oxygen atoms in total. The van der Waals surface area contributed by atoms with Crippen LogP contribution in [0.4, 0.5) is 5.95 Å². The second-order valence-electron chi connectivity index (χ2n) is 6.85. The summed E-state index contributed by atoms with van der Waals surface area (Å²) in [7, 11) is 0. The summed E-state index contributed by atoms with van der Waals surface area (Å²) in [6.07, 6.45) is 4.08. The van der Waals surface area contributed by atoms with Gasteiger partial charge in [-0.25, -0.2) is 4.98 Å². The molecule has 136 valence electrons. The molecule has 0 aliphatic carbocycles. The van der Waals surface area contributed by atoms with Gasteiger partial charge >= 0.3 is 0 Å². The van der Waals surface area contributed by atoms with Crippen LogP contribution >= 0.6 is 11.6 Å². The van der Waals surface area contributed by atoms with E-state index in [0.29, 0.717) is 41.6 Å². The van der Waals surface area contributed by atoms with Crippen LogP contribution in [-0.4, -0.2) is 40.4 Å². The first-order valence-electron chi connectivity index (χ1n) is 9.04. The summed E-state index contributed by atoms with van der Waals surface area (Å²) in [4.78, 5) is 36.7. The lowest BCUT2D eigenvalue weighted by Gasteiger charge is -2.30. The molecule has 0 radical (unpaired) electrons. The summed E-state index contributed by atoms with van der Waals surface area (Å²) in [5.74, 6) is 0.581. The lowest BCUT2D eigenvalue weighted by atomic mass is 10.1. The minimum absolute atomic E-state index is 0.0909. The van der Waals surface area contributed by atoms with E-state index in [2.05, 4.69) is 9.88 Å². The van der Waals surface area contributed by atoms with Crippen molar-refractivity contribution >= 4 is 23.5 Å². The van der Waals surface area contributed by atoms with Crippen LogP contribution in [0.25, 0.3) is 0 Å². The van der Waals surface area contributed by atoms with E-state index in [1.165, 1.54) is 6.42 Å². The molecule has 0 unspecified atom stereocenters. The third kappa shape index (κ3) is 3.33. The van der Waals surface area contributed by atoms with Crippen molar-refractivity contribution in [1.82, 2.24) is 14.9 Å². The van der Waals surface area contributed by atoms with Crippen molar-refractivity contribution in [2.75, 3.05) is 24.5 Å². The molecule has 1 fully saturated rings. The number of nitrogens with zero attached hydrogens (tertiary/aromatic N) is 3. The molecule has 2 aromatic rings. The Balaban J connectivity index is 1.56. The largest absolute Gasteiger partial charge is 0.342 e. The van der Waals surface area contributed by atoms with Crippen LogP contribution in [0.5, 0.6) is 0 Å². The van der Waals surface area contributed by atoms with E-state index in [1.807, 2.05) is 0 Å². The van der Waals surface area contributed by atoms with Gasteiger partial charge in [-0.1, -0.05) is 11.6 Å². The SMILES string of the molecule is O=C(c1ccc(Cl)cc1)N1CCc2nc(N3CCCCC3)[nH]c(=O)c2C1. The van der Waals surface area contributed by atoms with Gasteiger partial charge in [0.25, 0.3) is 11.5 Å². The quantitative estimate of drug-likeness (QED) is 0.879. The van der Waals surface area contributed by atoms with Gasteiger partial charge in [-0.3, -0.25) is 14.6 Å². The van der Waals surface area contributed by atoms with Gasteiger partial charge in [0.05, 0.1) is 17.8 Å². The number of rotatable bonds is 2. The zero-order valence-corrected chi connectivity index (χ0v) is 15.3. The van der Waals surface area contributed by atoms with Gasteiger partial charge in [0.2, 0.25) is 5.95 Å². The summed E-state index contributed by atoms with van der Waals surface area (Å²) in [5, 5.41) is 0.594. The van der Waals surface area contributed by atoms with Crippen molar-refractivity contribution in [2.45, 2.75) is 32.2 Å². The minimum Gasteiger partial charge on any atom is -0.342 e. The van der Waals surface area contributed by atoms with Crippen LogP contribution in [0.2, 0.25) is 5.02 Å². The van der Waals surface area contributed by atoms with Crippen molar-refractivity contribution in [2.24, 2.45) is 0 Å². The average molecular weight is 373 g/mol. The number of fused-ring (bicyclic) bond motifs is 1. The van der Waals surface area contributed by atoms with Gasteiger partial charge in [0, 0.05) is 36.6 Å². The number of H-pyrrole nitrogens is 1. The zero-order valence-electron chi connectivity index (χ0n) is 14.5. The van der Waals surface area contributed by atoms with Gasteiger partial charge < -0.3 is 9.80 Å². The Hall–Kier alpha value is -2.34. The second-order valence-corrected chi connectivity index (χ2v) is 7.28. The number of piperidine rings is 1. The summed E-state index contributed by atoms with van der Waals surface area (Å²) >= 11 is 5.89. The molecule has 7 heteroatoms. The van der Waals surface area contributed by atoms with Gasteiger partial charge in [-0.2, -0.15) is 0 Å². The average Bonchev–Trinajstić information content (AvgIpc) is 2.68. The van der Waals surface area contributed by atoms with Gasteiger partial charge in [0.15, 0.2) is 0 Å². The predicted molar refractivity (Wildman–Crippen MR) is 101 cm³/mol. The lowest BCUT2D eigenvalue weighted by molar-refractivity contribution is 0.0732. The highest BCUT2D eigenvalue weighted by molar-refractivity contribution is 6.30. The summed E-state index contributed by atoms with van der Waals surface area (Å²) in [6.45, 7) is 2.72. The number of benzene rings is 1. The molecule has 0 saturated carbocycles. The molecule has 0 bridgehead atoms. The maximum atomic E-state index is 12.7. The third-order valence-corrected chi connectivity index (χ3v) is 5.34. The maximum Gasteiger partial charge on any atom is 0.257 e. The molecule has 2 aliphatic rings. The number of hydrogen-bond acceptors (Lipinski definition) is 4. The molecule has 1 N–H and O–H groups in total. The smallest absolute Gasteiger partial charge is 0.257 e. The number of amides is 1. The normalized spacial score (nSPS) is 17.1. The Morgan fingerprint density at radius 1 is 1.08 bits per heavy atom. The third-order valence-electron chi connectivity index (χ3n) is 5.09. The Morgan fingerprint density at radius 2 is 1.81 bits per heavy atom. The van der Waals surface area contributed by atoms with Crippen molar-refractivity contribution in [3.63, 3.8) is 0 Å². The summed E-state index contributed by atoms with van der Waals surface area (Å²) in [6, 6.07) is 6.82. The first-order chi connectivity index (χ1) is 12.6. The molecule has 0 atom stereocenters. The molecule has 26 heavy (non-hydrogen) atoms. The van der Waals surface area contributed by atoms with E-state index in [4.69, 9.17) is 16.6 Å². The number of hydrogen-bond donors (Lipinski definition) is 1. The first-order valence-corrected chi connectivity index (χ1v) is 9.41. The molecule has 1 aromatic heterocycles. The molecule has 1 saturated heterocycles. The van der Waals surface area contributed by atoms with Gasteiger partial charge in [-0.15, -0.1) is 0 Å². The van der Waals surface area contributed by atoms with Crippen LogP contribution in [0.15, 0.2) is 29.1 Å². The highest BCUT2D eigenvalue weighted by Crippen LogP contribution is 2.21. The summed E-state index contributed by atoms with van der Waals surface area (Å²) < 4.78 is 0. The van der Waals surface area contributed by atoms with Crippen LogP contribution < -0.4 is 10.5 Å². The van der Waals surface area contributed by atoms with E-state index >= 15 is 0 Å². The van der Waals surface area contributed by atoms with E-state index in [1.54, 1.807) is 29.2 Å². The topological polar surface area (TPSA) is 69.3 Å². The zero-order chi connectivity index (χ0) is 18.1. The molecule has 0 spiro atoms. The molecule has 3 heterocycles. The van der Waals surface area contributed by atoms with E-state index in [-0.39, 0.29) is 11.5 Å². The molecule has 2 aliphatic heterocycles. The fourth-order valence-electron chi connectivity index (χ4n) is 3.62. The minimum atomic E-state index is -0.135. The lowest BCUT2D eigenvalue weighted by Crippen LogP contribution is -2.41. The number of halogens is 1. The monoisotopic (exact) mass is 372 g/mol. The molecule has 4 rings (SSSR count). The Morgan fingerprint density at radius 3 is 2.54 bits per heavy atom. The predicted octanol–water partition coefficient (Wildman–Crippen LogP) is 2.61. The highest BCUT2D eigenvalue weighted by Gasteiger charge is 2.26. The fraction of sp³-hybridized carbons (Fsp3) is 0.421. The van der Waals surface area contributed by atoms with Gasteiger partial charge in [-0.05, 0) is 43.5 Å². The number of nitrogens with one attached hydrogen (secondary N) is 1. The summed E-state index contributed by atoms with van der Waals surface area (Å²) in [5.41, 5.74) is 1.85. The number of aromatic nitrogens is 2. The first kappa shape index (κ1) is 17.1. The maximum absolute atomic E-state index is 12.7. The van der Waals surface area contributed by atoms with Gasteiger partial charge in [0.1, 0.15) is 0 Å². The van der Waals surface area contributed by atoms with Crippen LogP contribution in [0.3, 0.4) is 0 Å². The van der Waals surface area contributed by atoms with Crippen molar-refractivity contribution in [3.05, 3.63) is 56.5 Å². The number of aromatic amines is 1. The van der Waals surface area contributed by atoms with Crippen LogP contribution in [-0.2, 0) is 13.0 Å². The number of carbonyl (C=O) groups is 1. The van der Waals surface area contributed by atoms with Crippen molar-refractivity contribution in [1.29, 1.82) is 0 Å². The van der Waals surface area contributed by atoms with Crippen molar-refractivity contribution in [3.8, 4) is 0 Å². The molecule has 1 amide bonds. The Labute approximate surface area is 156 Å².